The Morgan fingerprint density at radius 1 is 1.09 bits per heavy atom. The second kappa shape index (κ2) is 7.33. The normalized spacial score (nSPS) is 12.0. The van der Waals surface area contributed by atoms with Crippen molar-refractivity contribution < 1.29 is 13.2 Å². The summed E-state index contributed by atoms with van der Waals surface area (Å²) in [4.78, 5) is 8.35. The lowest BCUT2D eigenvalue weighted by atomic mass is 10.3. The average molecular weight is 391 g/mol. The van der Waals surface area contributed by atoms with E-state index in [0.29, 0.717) is 5.03 Å². The highest BCUT2D eigenvalue weighted by molar-refractivity contribution is 9.09. The minimum atomic E-state index is -4.34. The Morgan fingerprint density at radius 2 is 1.91 bits per heavy atom. The maximum absolute atomic E-state index is 12.4. The molecule has 0 saturated heterocycles. The van der Waals surface area contributed by atoms with E-state index in [2.05, 4.69) is 9.97 Å². The molecule has 0 saturated carbocycles. The molecule has 9 heteroatoms. The number of fused-ring (bicyclic) bond motifs is 1. The predicted molar refractivity (Wildman–Crippen MR) is 93.6 cm³/mol. The summed E-state index contributed by atoms with van der Waals surface area (Å²) >= 11 is 1.65. The standard InChI is InChI=1S/C14H9F3N2S4/c15-14(16,17)9-5-6-12(18-7-9)22-23-20-8-13-19-10-3-1-2-4-11(10)21-13/h1-7H,8H2. The summed E-state index contributed by atoms with van der Waals surface area (Å²) in [6, 6.07) is 10.4. The van der Waals surface area contributed by atoms with Crippen molar-refractivity contribution in [2.24, 2.45) is 0 Å². The monoisotopic (exact) mass is 390 g/mol. The van der Waals surface area contributed by atoms with Crippen molar-refractivity contribution in [1.29, 1.82) is 0 Å². The van der Waals surface area contributed by atoms with Crippen molar-refractivity contribution in [2.45, 2.75) is 17.0 Å². The Hall–Kier alpha value is -0.900. The van der Waals surface area contributed by atoms with E-state index >= 15 is 0 Å². The van der Waals surface area contributed by atoms with Gasteiger partial charge in [-0.1, -0.05) is 22.9 Å². The van der Waals surface area contributed by atoms with Gasteiger partial charge >= 0.3 is 6.18 Å². The number of alkyl halides is 3. The summed E-state index contributed by atoms with van der Waals surface area (Å²) in [7, 11) is 4.42. The van der Waals surface area contributed by atoms with Crippen LogP contribution in [0.25, 0.3) is 10.2 Å². The summed E-state index contributed by atoms with van der Waals surface area (Å²) in [5, 5.41) is 1.59. The van der Waals surface area contributed by atoms with Gasteiger partial charge in [-0.05, 0) is 44.9 Å². The van der Waals surface area contributed by atoms with Crippen LogP contribution in [0.15, 0.2) is 47.6 Å². The van der Waals surface area contributed by atoms with E-state index in [1.54, 1.807) is 22.1 Å². The van der Waals surface area contributed by atoms with Gasteiger partial charge in [0, 0.05) is 6.20 Å². The predicted octanol–water partition coefficient (Wildman–Crippen LogP) is 6.30. The third-order valence-corrected chi connectivity index (χ3v) is 7.78. The van der Waals surface area contributed by atoms with Crippen LogP contribution in [0.2, 0.25) is 0 Å². The quantitative estimate of drug-likeness (QED) is 0.376. The molecule has 0 fully saturated rings. The first-order valence-corrected chi connectivity index (χ1v) is 10.8. The molecule has 3 rings (SSSR count). The molecule has 1 aromatic carbocycles. The molecule has 0 unspecified atom stereocenters. The number of halogens is 3. The van der Waals surface area contributed by atoms with Crippen LogP contribution in [0, 0.1) is 0 Å². The molecule has 3 aromatic rings. The lowest BCUT2D eigenvalue weighted by Crippen LogP contribution is -2.04. The zero-order valence-electron chi connectivity index (χ0n) is 11.4. The largest absolute Gasteiger partial charge is 0.417 e. The molecule has 0 bridgehead atoms. The van der Waals surface area contributed by atoms with Gasteiger partial charge in [-0.15, -0.1) is 11.3 Å². The molecule has 0 N–H and O–H groups in total. The Bertz CT molecular complexity index is 754. The van der Waals surface area contributed by atoms with Crippen LogP contribution in [-0.4, -0.2) is 9.97 Å². The molecule has 2 nitrogen and oxygen atoms in total. The van der Waals surface area contributed by atoms with E-state index in [1.165, 1.54) is 26.7 Å². The van der Waals surface area contributed by atoms with E-state index in [0.717, 1.165) is 33.2 Å². The number of aromatic nitrogens is 2. The highest BCUT2D eigenvalue weighted by atomic mass is 33.5. The lowest BCUT2D eigenvalue weighted by Gasteiger charge is -2.05. The molecule has 0 aliphatic rings. The fourth-order valence-electron chi connectivity index (χ4n) is 1.71. The van der Waals surface area contributed by atoms with Gasteiger partial charge in [-0.25, -0.2) is 9.97 Å². The summed E-state index contributed by atoms with van der Waals surface area (Å²) in [5.41, 5.74) is 0.268. The molecule has 23 heavy (non-hydrogen) atoms. The molecule has 0 radical (unpaired) electrons. The number of hydrogen-bond donors (Lipinski definition) is 0. The number of thiazole rings is 1. The highest BCUT2D eigenvalue weighted by Crippen LogP contribution is 2.42. The fourth-order valence-corrected chi connectivity index (χ4v) is 6.28. The van der Waals surface area contributed by atoms with E-state index in [-0.39, 0.29) is 0 Å². The van der Waals surface area contributed by atoms with Crippen molar-refractivity contribution in [3.05, 3.63) is 53.2 Å². The van der Waals surface area contributed by atoms with Crippen LogP contribution in [0.5, 0.6) is 0 Å². The number of nitrogens with zero attached hydrogens (tertiary/aromatic N) is 2. The van der Waals surface area contributed by atoms with Gasteiger partial charge in [0.1, 0.15) is 10.0 Å². The number of rotatable bonds is 5. The van der Waals surface area contributed by atoms with Gasteiger partial charge in [0.25, 0.3) is 0 Å². The van der Waals surface area contributed by atoms with Crippen molar-refractivity contribution in [1.82, 2.24) is 9.97 Å². The minimum absolute atomic E-state index is 0.555. The van der Waals surface area contributed by atoms with E-state index in [4.69, 9.17) is 0 Å². The zero-order chi connectivity index (χ0) is 16.3. The van der Waals surface area contributed by atoms with Crippen LogP contribution in [0.1, 0.15) is 10.6 Å². The van der Waals surface area contributed by atoms with Gasteiger partial charge in [-0.3, -0.25) is 0 Å². The summed E-state index contributed by atoms with van der Waals surface area (Å²) < 4.78 is 38.5. The van der Waals surface area contributed by atoms with E-state index in [1.807, 2.05) is 24.3 Å². The molecular formula is C14H9F3N2S4. The first-order chi connectivity index (χ1) is 11.0. The van der Waals surface area contributed by atoms with Crippen LogP contribution >= 0.6 is 42.8 Å². The van der Waals surface area contributed by atoms with Crippen LogP contribution < -0.4 is 0 Å². The van der Waals surface area contributed by atoms with Gasteiger partial charge in [0.15, 0.2) is 0 Å². The SMILES string of the molecule is FC(F)(F)c1ccc(SSSCc2nc3ccccc3s2)nc1. The van der Waals surface area contributed by atoms with Gasteiger partial charge in [0.05, 0.1) is 21.5 Å². The second-order valence-corrected chi connectivity index (χ2v) is 9.57. The smallest absolute Gasteiger partial charge is 0.248 e. The number of benzene rings is 1. The molecule has 0 amide bonds. The van der Waals surface area contributed by atoms with E-state index < -0.39 is 11.7 Å². The minimum Gasteiger partial charge on any atom is -0.248 e. The first-order valence-electron chi connectivity index (χ1n) is 6.36. The average Bonchev–Trinajstić information content (AvgIpc) is 2.94. The summed E-state index contributed by atoms with van der Waals surface area (Å²) in [6.07, 6.45) is -3.48. The first kappa shape index (κ1) is 16.9. The molecular weight excluding hydrogens is 381 g/mol. The second-order valence-electron chi connectivity index (χ2n) is 4.37. The van der Waals surface area contributed by atoms with Crippen molar-refractivity contribution in [3.8, 4) is 0 Å². The maximum atomic E-state index is 12.4. The molecule has 2 heterocycles. The van der Waals surface area contributed by atoms with Crippen molar-refractivity contribution in [2.75, 3.05) is 0 Å². The summed E-state index contributed by atoms with van der Waals surface area (Å²) in [5.74, 6) is 0.748. The van der Waals surface area contributed by atoms with Crippen molar-refractivity contribution >= 4 is 53.0 Å². The Labute approximate surface area is 146 Å². The third-order valence-electron chi connectivity index (χ3n) is 2.75. The van der Waals surface area contributed by atoms with Crippen LogP contribution in [0.3, 0.4) is 0 Å². The van der Waals surface area contributed by atoms with Gasteiger partial charge in [-0.2, -0.15) is 13.2 Å². The molecule has 0 atom stereocenters. The third kappa shape index (κ3) is 4.56. The molecule has 2 aromatic heterocycles. The number of hydrogen-bond acceptors (Lipinski definition) is 6. The lowest BCUT2D eigenvalue weighted by molar-refractivity contribution is -0.137. The topological polar surface area (TPSA) is 25.8 Å². The van der Waals surface area contributed by atoms with E-state index in [9.17, 15) is 13.2 Å². The highest BCUT2D eigenvalue weighted by Gasteiger charge is 2.30. The Morgan fingerprint density at radius 3 is 2.61 bits per heavy atom. The van der Waals surface area contributed by atoms with Crippen LogP contribution in [-0.2, 0) is 11.9 Å². The molecule has 120 valence electrons. The number of pyridine rings is 1. The van der Waals surface area contributed by atoms with Gasteiger partial charge in [0.2, 0.25) is 0 Å². The van der Waals surface area contributed by atoms with Gasteiger partial charge < -0.3 is 0 Å². The summed E-state index contributed by atoms with van der Waals surface area (Å²) in [6.45, 7) is 0. The fraction of sp³-hybridized carbons (Fsp3) is 0.143. The molecule has 0 aliphatic heterocycles. The number of para-hydroxylation sites is 1. The zero-order valence-corrected chi connectivity index (χ0v) is 14.7. The molecule has 0 aliphatic carbocycles. The Kier molecular flexibility index (Phi) is 5.40. The van der Waals surface area contributed by atoms with Crippen molar-refractivity contribution in [3.63, 3.8) is 0 Å². The van der Waals surface area contributed by atoms with Crippen LogP contribution in [0.4, 0.5) is 13.2 Å². The maximum Gasteiger partial charge on any atom is 0.417 e. The Balaban J connectivity index is 1.49. The molecule has 0 spiro atoms.